The normalized spacial score (nSPS) is 10.3. The molecule has 1 aromatic rings. The molecule has 100 valence electrons. The fraction of sp³-hybridized carbons (Fsp3) is 0.300. The lowest BCUT2D eigenvalue weighted by molar-refractivity contribution is 0.193. The van der Waals surface area contributed by atoms with Crippen LogP contribution in [0, 0.1) is 29.1 Å². The molecule has 0 aliphatic rings. The Hall–Kier alpha value is -1.86. The predicted molar refractivity (Wildman–Crippen MR) is 50.5 cm³/mol. The number of carbonyl (C=O) groups is 1. The zero-order chi connectivity index (χ0) is 13.9. The maximum Gasteiger partial charge on any atom is 0.412 e. The molecule has 0 radical (unpaired) electrons. The van der Waals surface area contributed by atoms with E-state index in [1.54, 1.807) is 6.92 Å². The van der Waals surface area contributed by atoms with Crippen LogP contribution in [0.3, 0.4) is 0 Å². The number of amides is 1. The zero-order valence-electron chi connectivity index (χ0n) is 9.12. The summed E-state index contributed by atoms with van der Waals surface area (Å²) in [5.74, 6) is -12.7. The van der Waals surface area contributed by atoms with E-state index in [1.165, 1.54) is 0 Å². The van der Waals surface area contributed by atoms with Gasteiger partial charge in [0.25, 0.3) is 0 Å². The average molecular weight is 269 g/mol. The van der Waals surface area contributed by atoms with E-state index < -0.39 is 40.9 Å². The first-order valence-electron chi connectivity index (χ1n) is 4.87. The second-order valence-electron chi connectivity index (χ2n) is 3.22. The van der Waals surface area contributed by atoms with Crippen LogP contribution in [0.1, 0.15) is 13.3 Å². The van der Waals surface area contributed by atoms with Crippen molar-refractivity contribution < 1.29 is 31.5 Å². The van der Waals surface area contributed by atoms with Crippen LogP contribution in [0.2, 0.25) is 0 Å². The summed E-state index contributed by atoms with van der Waals surface area (Å²) >= 11 is 0. The summed E-state index contributed by atoms with van der Waals surface area (Å²) in [6.45, 7) is 1.83. The van der Waals surface area contributed by atoms with Crippen molar-refractivity contribution in [2.24, 2.45) is 0 Å². The topological polar surface area (TPSA) is 38.3 Å². The van der Waals surface area contributed by atoms with E-state index in [9.17, 15) is 26.7 Å². The van der Waals surface area contributed by atoms with Crippen molar-refractivity contribution in [2.45, 2.75) is 13.3 Å². The van der Waals surface area contributed by atoms with E-state index in [0.717, 1.165) is 0 Å². The summed E-state index contributed by atoms with van der Waals surface area (Å²) in [5.41, 5.74) is 0. The van der Waals surface area contributed by atoms with Crippen molar-refractivity contribution in [3.63, 3.8) is 0 Å². The van der Waals surface area contributed by atoms with Crippen LogP contribution in [0.5, 0.6) is 5.75 Å². The predicted octanol–water partition coefficient (Wildman–Crippen LogP) is 2.88. The molecule has 0 heterocycles. The van der Waals surface area contributed by atoms with Crippen LogP contribution in [-0.2, 0) is 0 Å². The SMILES string of the molecule is CCCNC(=O)Oc1c(F)c(F)c(F)c(F)c1F. The fourth-order valence-electron chi connectivity index (χ4n) is 1.03. The highest BCUT2D eigenvalue weighted by Crippen LogP contribution is 2.29. The minimum absolute atomic E-state index is 0.133. The molecule has 0 atom stereocenters. The maximum absolute atomic E-state index is 13.1. The molecule has 0 aliphatic heterocycles. The van der Waals surface area contributed by atoms with Gasteiger partial charge in [-0.05, 0) is 6.42 Å². The number of hydrogen-bond donors (Lipinski definition) is 1. The maximum atomic E-state index is 13.1. The van der Waals surface area contributed by atoms with E-state index in [1.807, 2.05) is 0 Å². The smallest absolute Gasteiger partial charge is 0.404 e. The Morgan fingerprint density at radius 2 is 1.44 bits per heavy atom. The summed E-state index contributed by atoms with van der Waals surface area (Å²) in [4.78, 5) is 11.0. The molecule has 0 saturated heterocycles. The van der Waals surface area contributed by atoms with E-state index >= 15 is 0 Å². The van der Waals surface area contributed by atoms with Gasteiger partial charge in [0.05, 0.1) is 0 Å². The zero-order valence-corrected chi connectivity index (χ0v) is 9.12. The Kier molecular flexibility index (Phi) is 4.46. The second-order valence-corrected chi connectivity index (χ2v) is 3.22. The van der Waals surface area contributed by atoms with Crippen LogP contribution in [0.25, 0.3) is 0 Å². The van der Waals surface area contributed by atoms with Gasteiger partial charge in [0.2, 0.25) is 34.8 Å². The summed E-state index contributed by atoms with van der Waals surface area (Å²) < 4.78 is 68.3. The molecule has 1 N–H and O–H groups in total. The molecule has 0 fully saturated rings. The molecule has 0 bridgehead atoms. The van der Waals surface area contributed by atoms with Crippen molar-refractivity contribution in [3.05, 3.63) is 29.1 Å². The van der Waals surface area contributed by atoms with Gasteiger partial charge in [0.15, 0.2) is 0 Å². The number of carbonyl (C=O) groups excluding carboxylic acids is 1. The van der Waals surface area contributed by atoms with Crippen molar-refractivity contribution >= 4 is 6.09 Å². The lowest BCUT2D eigenvalue weighted by atomic mass is 10.2. The van der Waals surface area contributed by atoms with Crippen molar-refractivity contribution in [1.29, 1.82) is 0 Å². The standard InChI is InChI=1S/C10H8F5NO2/c1-2-3-16-10(17)18-9-7(14)5(12)4(11)6(13)8(9)15/h2-3H2,1H3,(H,16,17). The molecule has 0 aliphatic carbocycles. The molecular formula is C10H8F5NO2. The van der Waals surface area contributed by atoms with Crippen LogP contribution in [0.15, 0.2) is 0 Å². The third kappa shape index (κ3) is 2.69. The van der Waals surface area contributed by atoms with Crippen LogP contribution < -0.4 is 10.1 Å². The van der Waals surface area contributed by atoms with Gasteiger partial charge in [-0.2, -0.15) is 8.78 Å². The van der Waals surface area contributed by atoms with Gasteiger partial charge in [-0.25, -0.2) is 18.0 Å². The Bertz CT molecular complexity index is 449. The Morgan fingerprint density at radius 1 is 1.00 bits per heavy atom. The molecule has 18 heavy (non-hydrogen) atoms. The van der Waals surface area contributed by atoms with E-state index in [4.69, 9.17) is 0 Å². The number of ether oxygens (including phenoxy) is 1. The average Bonchev–Trinajstić information content (AvgIpc) is 2.36. The molecule has 0 aromatic heterocycles. The van der Waals surface area contributed by atoms with Gasteiger partial charge in [0.1, 0.15) is 0 Å². The lowest BCUT2D eigenvalue weighted by Crippen LogP contribution is -2.28. The van der Waals surface area contributed by atoms with E-state index in [2.05, 4.69) is 10.1 Å². The fourth-order valence-corrected chi connectivity index (χ4v) is 1.03. The summed E-state index contributed by atoms with van der Waals surface area (Å²) in [6.07, 6.45) is -0.799. The first-order chi connectivity index (χ1) is 8.40. The first-order valence-corrected chi connectivity index (χ1v) is 4.87. The molecule has 1 rings (SSSR count). The highest BCUT2D eigenvalue weighted by Gasteiger charge is 2.28. The molecule has 0 spiro atoms. The summed E-state index contributed by atoms with van der Waals surface area (Å²) in [6, 6.07) is 0. The largest absolute Gasteiger partial charge is 0.412 e. The van der Waals surface area contributed by atoms with Crippen molar-refractivity contribution in [2.75, 3.05) is 6.54 Å². The Morgan fingerprint density at radius 3 is 1.89 bits per heavy atom. The monoisotopic (exact) mass is 269 g/mol. The van der Waals surface area contributed by atoms with Crippen molar-refractivity contribution in [3.8, 4) is 5.75 Å². The Balaban J connectivity index is 3.06. The molecule has 8 heteroatoms. The van der Waals surface area contributed by atoms with Crippen molar-refractivity contribution in [1.82, 2.24) is 5.32 Å². The number of rotatable bonds is 3. The van der Waals surface area contributed by atoms with Gasteiger partial charge >= 0.3 is 6.09 Å². The third-order valence-corrected chi connectivity index (χ3v) is 1.88. The molecule has 0 saturated carbocycles. The summed E-state index contributed by atoms with van der Waals surface area (Å²) in [7, 11) is 0. The molecule has 0 unspecified atom stereocenters. The number of hydrogen-bond acceptors (Lipinski definition) is 2. The molecule has 1 aromatic carbocycles. The first kappa shape index (κ1) is 14.2. The van der Waals surface area contributed by atoms with Crippen LogP contribution in [0.4, 0.5) is 26.7 Å². The molecular weight excluding hydrogens is 261 g/mol. The van der Waals surface area contributed by atoms with E-state index in [-0.39, 0.29) is 6.54 Å². The summed E-state index contributed by atoms with van der Waals surface area (Å²) in [5, 5.41) is 2.06. The Labute approximate surface area is 98.5 Å². The quantitative estimate of drug-likeness (QED) is 0.520. The third-order valence-electron chi connectivity index (χ3n) is 1.88. The van der Waals surface area contributed by atoms with Crippen LogP contribution in [-0.4, -0.2) is 12.6 Å². The van der Waals surface area contributed by atoms with Gasteiger partial charge in [-0.15, -0.1) is 0 Å². The number of benzene rings is 1. The van der Waals surface area contributed by atoms with Gasteiger partial charge in [0, 0.05) is 6.54 Å². The highest BCUT2D eigenvalue weighted by atomic mass is 19.2. The van der Waals surface area contributed by atoms with Gasteiger partial charge < -0.3 is 10.1 Å². The molecule has 3 nitrogen and oxygen atoms in total. The van der Waals surface area contributed by atoms with Gasteiger partial charge in [-0.1, -0.05) is 6.92 Å². The number of nitrogens with one attached hydrogen (secondary N) is 1. The van der Waals surface area contributed by atoms with Crippen LogP contribution >= 0.6 is 0 Å². The second kappa shape index (κ2) is 5.65. The number of halogens is 5. The minimum Gasteiger partial charge on any atom is -0.404 e. The van der Waals surface area contributed by atoms with E-state index in [0.29, 0.717) is 6.42 Å². The minimum atomic E-state index is -2.31. The van der Waals surface area contributed by atoms with Gasteiger partial charge in [-0.3, -0.25) is 0 Å². The molecule has 1 amide bonds. The highest BCUT2D eigenvalue weighted by molar-refractivity contribution is 5.70. The lowest BCUT2D eigenvalue weighted by Gasteiger charge is -2.09.